The van der Waals surface area contributed by atoms with Crippen molar-refractivity contribution < 1.29 is 14.6 Å². The average Bonchev–Trinajstić information content (AvgIpc) is 2.98. The fourth-order valence-corrected chi connectivity index (χ4v) is 4.20. The fraction of sp³-hybridized carbons (Fsp3) is 0.800. The second-order valence-electron chi connectivity index (χ2n) is 8.67. The number of piperidine rings is 1. The molecule has 1 aromatic rings. The topological polar surface area (TPSA) is 70.8 Å². The van der Waals surface area contributed by atoms with Crippen LogP contribution in [0.1, 0.15) is 49.7 Å². The quantitative estimate of drug-likeness (QED) is 0.842. The highest BCUT2D eigenvalue weighted by atomic mass is 16.5. The third-order valence-corrected chi connectivity index (χ3v) is 6.15. The molecule has 1 aromatic heterocycles. The molecule has 7 heteroatoms. The molecule has 3 rings (SSSR count). The smallest absolute Gasteiger partial charge is 0.257 e. The maximum Gasteiger partial charge on any atom is 0.257 e. The molecule has 1 atom stereocenters. The number of carbonyl (C=O) groups excluding carboxylic acids is 1. The van der Waals surface area contributed by atoms with Gasteiger partial charge in [0.25, 0.3) is 5.91 Å². The first-order valence-corrected chi connectivity index (χ1v) is 10.1. The summed E-state index contributed by atoms with van der Waals surface area (Å²) in [6.45, 7) is 13.9. The molecule has 2 aliphatic rings. The lowest BCUT2D eigenvalue weighted by Gasteiger charge is -2.52. The van der Waals surface area contributed by atoms with Gasteiger partial charge in [-0.05, 0) is 19.8 Å². The third-order valence-electron chi connectivity index (χ3n) is 6.15. The van der Waals surface area contributed by atoms with Crippen molar-refractivity contribution in [2.75, 3.05) is 45.9 Å². The number of aliphatic hydroxyl groups is 1. The molecule has 0 saturated carbocycles. The molecule has 2 fully saturated rings. The van der Waals surface area contributed by atoms with Crippen LogP contribution in [0.15, 0.2) is 6.20 Å². The summed E-state index contributed by atoms with van der Waals surface area (Å²) in [4.78, 5) is 17.3. The van der Waals surface area contributed by atoms with Gasteiger partial charge in [0.1, 0.15) is 0 Å². The lowest BCUT2D eigenvalue weighted by atomic mass is 9.69. The van der Waals surface area contributed by atoms with E-state index in [1.54, 1.807) is 0 Å². The molecule has 1 amide bonds. The Balaban J connectivity index is 1.69. The molecule has 152 valence electrons. The normalized spacial score (nSPS) is 26.3. The second kappa shape index (κ2) is 7.89. The van der Waals surface area contributed by atoms with E-state index in [0.717, 1.165) is 45.0 Å². The van der Waals surface area contributed by atoms with E-state index in [1.807, 2.05) is 22.7 Å². The zero-order chi connectivity index (χ0) is 19.7. The van der Waals surface area contributed by atoms with Gasteiger partial charge in [-0.25, -0.2) is 0 Å². The van der Waals surface area contributed by atoms with Crippen molar-refractivity contribution in [3.63, 3.8) is 0 Å². The maximum atomic E-state index is 13.1. The zero-order valence-corrected chi connectivity index (χ0v) is 17.2. The van der Waals surface area contributed by atoms with Gasteiger partial charge in [-0.3, -0.25) is 14.4 Å². The summed E-state index contributed by atoms with van der Waals surface area (Å²) in [6, 6.07) is 0. The molecular formula is C20H34N4O3. The largest absolute Gasteiger partial charge is 0.388 e. The average molecular weight is 379 g/mol. The first-order valence-electron chi connectivity index (χ1n) is 10.1. The van der Waals surface area contributed by atoms with Gasteiger partial charge in [-0.2, -0.15) is 5.10 Å². The number of aryl methyl sites for hydroxylation is 2. The Morgan fingerprint density at radius 2 is 2.00 bits per heavy atom. The number of nitrogens with zero attached hydrogens (tertiary/aromatic N) is 4. The van der Waals surface area contributed by atoms with Crippen LogP contribution in [0.2, 0.25) is 0 Å². The van der Waals surface area contributed by atoms with Gasteiger partial charge in [0.05, 0.1) is 30.1 Å². The number of hydrogen-bond donors (Lipinski definition) is 1. The van der Waals surface area contributed by atoms with Gasteiger partial charge in [0, 0.05) is 50.9 Å². The number of rotatable bonds is 5. The van der Waals surface area contributed by atoms with E-state index in [0.29, 0.717) is 31.6 Å². The van der Waals surface area contributed by atoms with E-state index in [9.17, 15) is 9.90 Å². The van der Waals surface area contributed by atoms with E-state index < -0.39 is 5.60 Å². The Bertz CT molecular complexity index is 666. The minimum Gasteiger partial charge on any atom is -0.388 e. The Labute approximate surface area is 162 Å². The molecule has 0 aliphatic carbocycles. The van der Waals surface area contributed by atoms with Gasteiger partial charge < -0.3 is 14.7 Å². The van der Waals surface area contributed by atoms with Crippen molar-refractivity contribution in [1.82, 2.24) is 19.6 Å². The van der Waals surface area contributed by atoms with Crippen LogP contribution in [0, 0.1) is 12.3 Å². The van der Waals surface area contributed by atoms with E-state index in [2.05, 4.69) is 30.8 Å². The molecule has 2 aliphatic heterocycles. The minimum absolute atomic E-state index is 0.0244. The lowest BCUT2D eigenvalue weighted by molar-refractivity contribution is -0.133. The van der Waals surface area contributed by atoms with Crippen molar-refractivity contribution in [2.24, 2.45) is 5.41 Å². The summed E-state index contributed by atoms with van der Waals surface area (Å²) in [6.07, 6.45) is 3.44. The number of carbonyl (C=O) groups is 1. The number of amides is 1. The Hall–Kier alpha value is -1.44. The standard InChI is InChI=1S/C20H34N4O3/c1-5-7-24-13-17(16(2)21-24)18(25)23-8-6-20(26,19(3,4)14-23)15-22-9-11-27-12-10-22/h13,26H,5-12,14-15H2,1-4H3/t20-/m0/s1. The molecule has 0 spiro atoms. The molecule has 0 unspecified atom stereocenters. The van der Waals surface area contributed by atoms with Gasteiger partial charge >= 0.3 is 0 Å². The van der Waals surface area contributed by atoms with Crippen LogP contribution in [0.3, 0.4) is 0 Å². The number of aromatic nitrogens is 2. The van der Waals surface area contributed by atoms with Crippen LogP contribution in [0.25, 0.3) is 0 Å². The van der Waals surface area contributed by atoms with Gasteiger partial charge in [-0.1, -0.05) is 20.8 Å². The fourth-order valence-electron chi connectivity index (χ4n) is 4.20. The molecule has 1 N–H and O–H groups in total. The molecule has 27 heavy (non-hydrogen) atoms. The van der Waals surface area contributed by atoms with E-state index >= 15 is 0 Å². The van der Waals surface area contributed by atoms with Crippen LogP contribution < -0.4 is 0 Å². The Morgan fingerprint density at radius 1 is 1.30 bits per heavy atom. The minimum atomic E-state index is -0.803. The summed E-state index contributed by atoms with van der Waals surface area (Å²) < 4.78 is 7.27. The summed E-state index contributed by atoms with van der Waals surface area (Å²) in [7, 11) is 0. The number of β-amino-alcohol motifs (C(OH)–C–C–N with tert-alkyl or cyclic N) is 1. The Morgan fingerprint density at radius 3 is 2.63 bits per heavy atom. The summed E-state index contributed by atoms with van der Waals surface area (Å²) in [5.41, 5.74) is 0.271. The monoisotopic (exact) mass is 378 g/mol. The zero-order valence-electron chi connectivity index (χ0n) is 17.2. The van der Waals surface area contributed by atoms with Crippen molar-refractivity contribution in [3.05, 3.63) is 17.5 Å². The predicted octanol–water partition coefficient (Wildman–Crippen LogP) is 1.54. The summed E-state index contributed by atoms with van der Waals surface area (Å²) in [5, 5.41) is 15.9. The molecule has 3 heterocycles. The van der Waals surface area contributed by atoms with Crippen LogP contribution in [-0.2, 0) is 11.3 Å². The SMILES string of the molecule is CCCn1cc(C(=O)N2CC[C@](O)(CN3CCOCC3)C(C)(C)C2)c(C)n1. The highest BCUT2D eigenvalue weighted by Crippen LogP contribution is 2.40. The molecule has 0 radical (unpaired) electrons. The van der Waals surface area contributed by atoms with E-state index in [1.165, 1.54) is 0 Å². The van der Waals surface area contributed by atoms with Crippen LogP contribution in [0.5, 0.6) is 0 Å². The first-order chi connectivity index (χ1) is 12.8. The molecule has 7 nitrogen and oxygen atoms in total. The van der Waals surface area contributed by atoms with Gasteiger partial charge in [0.2, 0.25) is 0 Å². The van der Waals surface area contributed by atoms with Crippen molar-refractivity contribution >= 4 is 5.91 Å². The molecule has 0 aromatic carbocycles. The lowest BCUT2D eigenvalue weighted by Crippen LogP contribution is -2.63. The maximum absolute atomic E-state index is 13.1. The highest BCUT2D eigenvalue weighted by Gasteiger charge is 2.49. The number of hydrogen-bond acceptors (Lipinski definition) is 5. The van der Waals surface area contributed by atoms with Crippen LogP contribution in [-0.4, -0.2) is 82.1 Å². The second-order valence-corrected chi connectivity index (χ2v) is 8.67. The third kappa shape index (κ3) is 4.20. The first kappa shape index (κ1) is 20.3. The molecular weight excluding hydrogens is 344 g/mol. The van der Waals surface area contributed by atoms with Crippen LogP contribution >= 0.6 is 0 Å². The highest BCUT2D eigenvalue weighted by molar-refractivity contribution is 5.95. The van der Waals surface area contributed by atoms with Gasteiger partial charge in [-0.15, -0.1) is 0 Å². The van der Waals surface area contributed by atoms with E-state index in [-0.39, 0.29) is 11.3 Å². The van der Waals surface area contributed by atoms with Crippen molar-refractivity contribution in [3.8, 4) is 0 Å². The Kier molecular flexibility index (Phi) is 5.93. The van der Waals surface area contributed by atoms with Crippen molar-refractivity contribution in [1.29, 1.82) is 0 Å². The number of morpholine rings is 1. The van der Waals surface area contributed by atoms with Crippen molar-refractivity contribution in [2.45, 2.75) is 52.7 Å². The summed E-state index contributed by atoms with van der Waals surface area (Å²) in [5.74, 6) is 0.0244. The predicted molar refractivity (Wildman–Crippen MR) is 104 cm³/mol. The summed E-state index contributed by atoms with van der Waals surface area (Å²) >= 11 is 0. The number of likely N-dealkylation sites (tertiary alicyclic amines) is 1. The molecule has 0 bridgehead atoms. The van der Waals surface area contributed by atoms with Crippen LogP contribution in [0.4, 0.5) is 0 Å². The van der Waals surface area contributed by atoms with E-state index in [4.69, 9.17) is 4.74 Å². The molecule has 2 saturated heterocycles. The number of ether oxygens (including phenoxy) is 1. The van der Waals surface area contributed by atoms with Gasteiger partial charge in [0.15, 0.2) is 0 Å².